The zero-order chi connectivity index (χ0) is 13.8. The van der Waals surface area contributed by atoms with E-state index in [1.807, 2.05) is 6.92 Å². The van der Waals surface area contributed by atoms with E-state index < -0.39 is 0 Å². The van der Waals surface area contributed by atoms with Crippen LogP contribution < -0.4 is 11.1 Å². The van der Waals surface area contributed by atoms with Crippen molar-refractivity contribution < 1.29 is 4.79 Å². The average Bonchev–Trinajstić information content (AvgIpc) is 2.68. The van der Waals surface area contributed by atoms with Gasteiger partial charge in [0.25, 0.3) is 5.91 Å². The number of nitrogens with one attached hydrogen (secondary N) is 1. The number of hydrogen-bond acceptors (Lipinski definition) is 4. The Labute approximate surface area is 118 Å². The quantitative estimate of drug-likeness (QED) is 0.891. The highest BCUT2D eigenvalue weighted by molar-refractivity contribution is 7.17. The van der Waals surface area contributed by atoms with E-state index in [2.05, 4.69) is 17.2 Å². The lowest BCUT2D eigenvalue weighted by Gasteiger charge is -2.26. The Hall–Kier alpha value is -1.10. The molecule has 0 saturated heterocycles. The number of aryl methyl sites for hydroxylation is 1. The number of rotatable bonds is 4. The molecule has 1 aromatic heterocycles. The van der Waals surface area contributed by atoms with Crippen LogP contribution >= 0.6 is 11.3 Å². The minimum Gasteiger partial charge on any atom is -0.375 e. The van der Waals surface area contributed by atoms with Crippen LogP contribution in [-0.4, -0.2) is 17.4 Å². The minimum atomic E-state index is -0.0319. The van der Waals surface area contributed by atoms with Crippen molar-refractivity contribution in [3.05, 3.63) is 10.6 Å². The highest BCUT2D eigenvalue weighted by atomic mass is 32.1. The molecule has 0 bridgehead atoms. The van der Waals surface area contributed by atoms with E-state index in [1.54, 1.807) is 0 Å². The van der Waals surface area contributed by atoms with Gasteiger partial charge in [0, 0.05) is 6.54 Å². The Morgan fingerprint density at radius 1 is 1.53 bits per heavy atom. The molecule has 3 N–H and O–H groups in total. The van der Waals surface area contributed by atoms with Crippen LogP contribution in [-0.2, 0) is 0 Å². The van der Waals surface area contributed by atoms with Gasteiger partial charge in [-0.15, -0.1) is 0 Å². The average molecular weight is 281 g/mol. The van der Waals surface area contributed by atoms with Gasteiger partial charge in [0.2, 0.25) is 0 Å². The fourth-order valence-corrected chi connectivity index (χ4v) is 3.67. The third kappa shape index (κ3) is 3.93. The van der Waals surface area contributed by atoms with Gasteiger partial charge in [-0.25, -0.2) is 4.98 Å². The van der Waals surface area contributed by atoms with Crippen molar-refractivity contribution in [2.45, 2.75) is 46.0 Å². The van der Waals surface area contributed by atoms with Crippen molar-refractivity contribution in [3.8, 4) is 0 Å². The second-order valence-corrected chi connectivity index (χ2v) is 6.68. The van der Waals surface area contributed by atoms with Gasteiger partial charge < -0.3 is 11.1 Å². The molecule has 19 heavy (non-hydrogen) atoms. The second-order valence-electron chi connectivity index (χ2n) is 5.65. The summed E-state index contributed by atoms with van der Waals surface area (Å²) < 4.78 is 0. The lowest BCUT2D eigenvalue weighted by molar-refractivity contribution is 0.0953. The molecule has 1 aliphatic carbocycles. The van der Waals surface area contributed by atoms with E-state index in [0.29, 0.717) is 10.0 Å². The monoisotopic (exact) mass is 281 g/mol. The van der Waals surface area contributed by atoms with E-state index in [1.165, 1.54) is 37.0 Å². The zero-order valence-electron chi connectivity index (χ0n) is 11.7. The lowest BCUT2D eigenvalue weighted by Crippen LogP contribution is -2.27. The van der Waals surface area contributed by atoms with Crippen molar-refractivity contribution in [1.29, 1.82) is 0 Å². The topological polar surface area (TPSA) is 68.0 Å². The minimum absolute atomic E-state index is 0.0319. The van der Waals surface area contributed by atoms with Crippen LogP contribution in [0.3, 0.4) is 0 Å². The molecular formula is C14H23N3OS. The molecular weight excluding hydrogens is 258 g/mol. The first-order valence-corrected chi connectivity index (χ1v) is 7.89. The number of nitrogens with zero attached hydrogens (tertiary/aromatic N) is 1. The van der Waals surface area contributed by atoms with Crippen LogP contribution in [0, 0.1) is 18.8 Å². The number of anilines is 1. The second kappa shape index (κ2) is 6.37. The summed E-state index contributed by atoms with van der Waals surface area (Å²) in [6.45, 7) is 4.91. The lowest BCUT2D eigenvalue weighted by atomic mass is 9.81. The summed E-state index contributed by atoms with van der Waals surface area (Å²) in [7, 11) is 0. The van der Waals surface area contributed by atoms with Crippen molar-refractivity contribution in [2.24, 2.45) is 11.8 Å². The molecule has 0 radical (unpaired) electrons. The maximum absolute atomic E-state index is 12.0. The van der Waals surface area contributed by atoms with Crippen LogP contribution in [0.1, 0.15) is 54.4 Å². The summed E-state index contributed by atoms with van der Waals surface area (Å²) in [5.74, 6) is 1.59. The molecule has 106 valence electrons. The highest BCUT2D eigenvalue weighted by Gasteiger charge is 2.19. The van der Waals surface area contributed by atoms with Crippen molar-refractivity contribution in [1.82, 2.24) is 10.3 Å². The Morgan fingerprint density at radius 2 is 2.32 bits per heavy atom. The van der Waals surface area contributed by atoms with Gasteiger partial charge in [0.1, 0.15) is 4.88 Å². The first-order chi connectivity index (χ1) is 9.06. The standard InChI is InChI=1S/C14H23N3OS/c1-9-4-3-5-11(8-9)6-7-16-13(18)12-10(2)17-14(15)19-12/h9,11H,3-8H2,1-2H3,(H2,15,17)(H,16,18). The van der Waals surface area contributed by atoms with Gasteiger partial charge in [0.05, 0.1) is 5.69 Å². The first-order valence-electron chi connectivity index (χ1n) is 7.07. The number of hydrogen-bond donors (Lipinski definition) is 2. The number of amides is 1. The number of nitrogen functional groups attached to an aromatic ring is 1. The van der Waals surface area contributed by atoms with Crippen LogP contribution in [0.25, 0.3) is 0 Å². The Balaban J connectivity index is 1.76. The first kappa shape index (κ1) is 14.3. The summed E-state index contributed by atoms with van der Waals surface area (Å²) in [6.07, 6.45) is 6.41. The zero-order valence-corrected chi connectivity index (χ0v) is 12.6. The number of thiazole rings is 1. The summed E-state index contributed by atoms with van der Waals surface area (Å²) in [5, 5.41) is 3.45. The molecule has 2 rings (SSSR count). The SMILES string of the molecule is Cc1nc(N)sc1C(=O)NCCC1CCCC(C)C1. The molecule has 5 heteroatoms. The number of nitrogens with two attached hydrogens (primary N) is 1. The smallest absolute Gasteiger partial charge is 0.263 e. The third-order valence-corrected chi connectivity index (χ3v) is 4.89. The van der Waals surface area contributed by atoms with E-state index in [-0.39, 0.29) is 5.91 Å². The summed E-state index contributed by atoms with van der Waals surface area (Å²) in [4.78, 5) is 16.7. The molecule has 1 fully saturated rings. The van der Waals surface area contributed by atoms with Crippen LogP contribution in [0.4, 0.5) is 5.13 Å². The number of carbonyl (C=O) groups excluding carboxylic acids is 1. The Bertz CT molecular complexity index is 444. The molecule has 1 aliphatic rings. The van der Waals surface area contributed by atoms with Crippen molar-refractivity contribution >= 4 is 22.4 Å². The molecule has 2 unspecified atom stereocenters. The molecule has 0 spiro atoms. The van der Waals surface area contributed by atoms with E-state index in [9.17, 15) is 4.79 Å². The van der Waals surface area contributed by atoms with Crippen LogP contribution in [0.2, 0.25) is 0 Å². The van der Waals surface area contributed by atoms with E-state index in [4.69, 9.17) is 5.73 Å². The van der Waals surface area contributed by atoms with Crippen molar-refractivity contribution in [2.75, 3.05) is 12.3 Å². The van der Waals surface area contributed by atoms with Gasteiger partial charge in [-0.3, -0.25) is 4.79 Å². The molecule has 0 aromatic carbocycles. The normalized spacial score (nSPS) is 23.3. The van der Waals surface area contributed by atoms with E-state index >= 15 is 0 Å². The van der Waals surface area contributed by atoms with Gasteiger partial charge in [0.15, 0.2) is 5.13 Å². The van der Waals surface area contributed by atoms with Crippen LogP contribution in [0.15, 0.2) is 0 Å². The van der Waals surface area contributed by atoms with Crippen molar-refractivity contribution in [3.63, 3.8) is 0 Å². The van der Waals surface area contributed by atoms with E-state index in [0.717, 1.165) is 30.5 Å². The molecule has 1 saturated carbocycles. The molecule has 4 nitrogen and oxygen atoms in total. The molecule has 2 atom stereocenters. The number of carbonyl (C=O) groups is 1. The third-order valence-electron chi connectivity index (χ3n) is 3.90. The molecule has 0 aliphatic heterocycles. The molecule has 1 aromatic rings. The summed E-state index contributed by atoms with van der Waals surface area (Å²) >= 11 is 1.26. The largest absolute Gasteiger partial charge is 0.375 e. The Kier molecular flexibility index (Phi) is 4.80. The maximum atomic E-state index is 12.0. The summed E-state index contributed by atoms with van der Waals surface area (Å²) in [5.41, 5.74) is 6.33. The molecule has 1 amide bonds. The predicted molar refractivity (Wildman–Crippen MR) is 79.3 cm³/mol. The van der Waals surface area contributed by atoms with Crippen LogP contribution in [0.5, 0.6) is 0 Å². The van der Waals surface area contributed by atoms with Gasteiger partial charge in [-0.1, -0.05) is 37.5 Å². The summed E-state index contributed by atoms with van der Waals surface area (Å²) in [6, 6.07) is 0. The molecule has 1 heterocycles. The maximum Gasteiger partial charge on any atom is 0.263 e. The fraction of sp³-hybridized carbons (Fsp3) is 0.714. The van der Waals surface area contributed by atoms with Gasteiger partial charge in [-0.05, 0) is 31.6 Å². The fourth-order valence-electron chi connectivity index (χ4n) is 2.92. The Morgan fingerprint density at radius 3 is 2.95 bits per heavy atom. The van der Waals surface area contributed by atoms with Gasteiger partial charge in [-0.2, -0.15) is 0 Å². The van der Waals surface area contributed by atoms with Gasteiger partial charge >= 0.3 is 0 Å². The highest BCUT2D eigenvalue weighted by Crippen LogP contribution is 2.30. The predicted octanol–water partition coefficient (Wildman–Crippen LogP) is 2.98. The number of aromatic nitrogens is 1.